The van der Waals surface area contributed by atoms with Crippen molar-refractivity contribution in [3.8, 4) is 0 Å². The van der Waals surface area contributed by atoms with E-state index in [1.54, 1.807) is 6.92 Å². The molecule has 1 atom stereocenters. The van der Waals surface area contributed by atoms with Gasteiger partial charge in [-0.1, -0.05) is 6.07 Å². The molecule has 0 spiro atoms. The van der Waals surface area contributed by atoms with E-state index in [4.69, 9.17) is 4.74 Å². The van der Waals surface area contributed by atoms with Crippen LogP contribution in [0, 0.1) is 0 Å². The molecule has 1 aromatic rings. The van der Waals surface area contributed by atoms with Crippen molar-refractivity contribution in [2.75, 3.05) is 30.6 Å². The zero-order chi connectivity index (χ0) is 20.2. The summed E-state index contributed by atoms with van der Waals surface area (Å²) in [5.41, 5.74) is 4.34. The number of anilines is 1. The highest BCUT2D eigenvalue weighted by molar-refractivity contribution is 7.91. The lowest BCUT2D eigenvalue weighted by atomic mass is 10.2. The monoisotopic (exact) mass is 408 g/mol. The third-order valence-corrected chi connectivity index (χ3v) is 5.84. The van der Waals surface area contributed by atoms with Crippen LogP contribution in [0.2, 0.25) is 0 Å². The Kier molecular flexibility index (Phi) is 6.34. The number of hydrogen-bond acceptors (Lipinski definition) is 5. The normalized spacial score (nSPS) is 20.0. The molecular weight excluding hydrogens is 387 g/mol. The zero-order valence-corrected chi connectivity index (χ0v) is 15.7. The second kappa shape index (κ2) is 8.15. The number of nitrogens with zero attached hydrogens (tertiary/aromatic N) is 1. The highest BCUT2D eigenvalue weighted by atomic mass is 32.2. The van der Waals surface area contributed by atoms with E-state index < -0.39 is 33.6 Å². The summed E-state index contributed by atoms with van der Waals surface area (Å²) in [6, 6.07) is 3.99. The number of hydrazine groups is 1. The quantitative estimate of drug-likeness (QED) is 0.258. The minimum atomic E-state index is -4.50. The number of nitrogens with one attached hydrogen (secondary N) is 2. The molecule has 1 saturated heterocycles. The Morgan fingerprint density at radius 3 is 2.63 bits per heavy atom. The van der Waals surface area contributed by atoms with E-state index in [0.717, 1.165) is 12.1 Å². The fourth-order valence-corrected chi connectivity index (χ4v) is 4.43. The van der Waals surface area contributed by atoms with Crippen molar-refractivity contribution < 1.29 is 35.7 Å². The molecule has 1 aliphatic rings. The van der Waals surface area contributed by atoms with Gasteiger partial charge in [0.25, 0.3) is 0 Å². The number of amidine groups is 1. The summed E-state index contributed by atoms with van der Waals surface area (Å²) < 4.78 is 68.2. The van der Waals surface area contributed by atoms with Crippen LogP contribution in [0.5, 0.6) is 0 Å². The second-order valence-corrected chi connectivity index (χ2v) is 8.29. The molecule has 150 valence electrons. The molecule has 0 aromatic heterocycles. The van der Waals surface area contributed by atoms with Crippen LogP contribution in [0.15, 0.2) is 24.3 Å². The number of sulfone groups is 1. The molecule has 27 heavy (non-hydrogen) atoms. The van der Waals surface area contributed by atoms with E-state index >= 15 is 0 Å². The highest BCUT2D eigenvalue weighted by Crippen LogP contribution is 2.30. The number of hydrogen-bond donors (Lipinski definition) is 2. The Hall–Kier alpha value is -2.30. The second-order valence-electron chi connectivity index (χ2n) is 6.07. The minimum Gasteiger partial charge on any atom is -0.457 e. The summed E-state index contributed by atoms with van der Waals surface area (Å²) in [4.78, 5) is 12.2. The van der Waals surface area contributed by atoms with Gasteiger partial charge in [0.2, 0.25) is 0 Å². The van der Waals surface area contributed by atoms with Crippen molar-refractivity contribution in [1.29, 1.82) is 0 Å². The maximum absolute atomic E-state index is 12.8. The van der Waals surface area contributed by atoms with Gasteiger partial charge in [0.1, 0.15) is 6.04 Å². The van der Waals surface area contributed by atoms with Crippen LogP contribution in [0.3, 0.4) is 0 Å². The molecule has 1 aliphatic heterocycles. The van der Waals surface area contributed by atoms with Crippen molar-refractivity contribution in [2.24, 2.45) is 0 Å². The van der Waals surface area contributed by atoms with Crippen LogP contribution in [0.1, 0.15) is 18.9 Å². The first-order valence-electron chi connectivity index (χ1n) is 8.20. The molecular formula is C16H21F3N3O4S+. The summed E-state index contributed by atoms with van der Waals surface area (Å²) in [5, 5.41) is 0. The first kappa shape index (κ1) is 21.0. The van der Waals surface area contributed by atoms with E-state index in [1.165, 1.54) is 23.8 Å². The summed E-state index contributed by atoms with van der Waals surface area (Å²) in [7, 11) is -1.66. The van der Waals surface area contributed by atoms with E-state index in [0.29, 0.717) is 6.42 Å². The topological polar surface area (TPSA) is 87.5 Å². The first-order valence-corrected chi connectivity index (χ1v) is 10.0. The maximum atomic E-state index is 12.8. The van der Waals surface area contributed by atoms with Gasteiger partial charge in [-0.2, -0.15) is 18.6 Å². The highest BCUT2D eigenvalue weighted by Gasteiger charge is 2.36. The molecule has 0 unspecified atom stereocenters. The van der Waals surface area contributed by atoms with Crippen molar-refractivity contribution in [2.45, 2.75) is 25.6 Å². The molecule has 0 radical (unpaired) electrons. The molecule has 0 amide bonds. The van der Waals surface area contributed by atoms with Crippen molar-refractivity contribution in [3.05, 3.63) is 29.8 Å². The number of alkyl halides is 3. The van der Waals surface area contributed by atoms with Crippen LogP contribution in [0.25, 0.3) is 0 Å². The molecule has 0 saturated carbocycles. The van der Waals surface area contributed by atoms with Gasteiger partial charge < -0.3 is 4.74 Å². The van der Waals surface area contributed by atoms with Crippen LogP contribution in [-0.2, 0) is 25.5 Å². The molecule has 0 bridgehead atoms. The smallest absolute Gasteiger partial charge is 0.423 e. The van der Waals surface area contributed by atoms with Crippen LogP contribution >= 0.6 is 0 Å². The van der Waals surface area contributed by atoms with Gasteiger partial charge in [0.05, 0.1) is 36.4 Å². The number of rotatable bonds is 4. The third-order valence-electron chi connectivity index (χ3n) is 4.09. The predicted octanol–water partition coefficient (Wildman–Crippen LogP) is 1.41. The number of benzene rings is 1. The third kappa shape index (κ3) is 5.59. The number of halogens is 3. The van der Waals surface area contributed by atoms with Crippen LogP contribution < -0.4 is 10.9 Å². The SMILES string of the molecule is CCOC(=O)C(NNc1cccc(C(F)(F)F)c1)=[N+](C)[C@H]1CCS(=O)(=O)C1. The fourth-order valence-electron chi connectivity index (χ4n) is 2.65. The summed E-state index contributed by atoms with van der Waals surface area (Å²) >= 11 is 0. The Morgan fingerprint density at radius 2 is 2.07 bits per heavy atom. The average Bonchev–Trinajstić information content (AvgIpc) is 2.94. The summed E-state index contributed by atoms with van der Waals surface area (Å²) in [5.74, 6) is -0.934. The minimum absolute atomic E-state index is 0.0131. The molecule has 1 heterocycles. The molecule has 2 N–H and O–H groups in total. The van der Waals surface area contributed by atoms with E-state index in [-0.39, 0.29) is 29.6 Å². The van der Waals surface area contributed by atoms with E-state index in [2.05, 4.69) is 10.9 Å². The molecule has 7 nitrogen and oxygen atoms in total. The Labute approximate surface area is 155 Å². The lowest BCUT2D eigenvalue weighted by Gasteiger charge is -2.14. The largest absolute Gasteiger partial charge is 0.457 e. The van der Waals surface area contributed by atoms with Gasteiger partial charge in [-0.3, -0.25) is 4.58 Å². The lowest BCUT2D eigenvalue weighted by molar-refractivity contribution is -0.533. The summed E-state index contributed by atoms with van der Waals surface area (Å²) in [6.07, 6.45) is -4.16. The summed E-state index contributed by atoms with van der Waals surface area (Å²) in [6.45, 7) is 1.69. The zero-order valence-electron chi connectivity index (χ0n) is 14.8. The van der Waals surface area contributed by atoms with Crippen molar-refractivity contribution in [3.63, 3.8) is 0 Å². The average molecular weight is 408 g/mol. The van der Waals surface area contributed by atoms with Gasteiger partial charge in [-0.05, 0) is 25.1 Å². The Morgan fingerprint density at radius 1 is 1.37 bits per heavy atom. The Bertz CT molecular complexity index is 838. The molecule has 1 aromatic carbocycles. The van der Waals surface area contributed by atoms with E-state index in [1.807, 2.05) is 0 Å². The van der Waals surface area contributed by atoms with Gasteiger partial charge in [-0.15, -0.1) is 0 Å². The molecule has 2 rings (SSSR count). The maximum Gasteiger partial charge on any atom is 0.423 e. The number of ether oxygens (including phenoxy) is 1. The number of esters is 1. The predicted molar refractivity (Wildman–Crippen MR) is 93.1 cm³/mol. The molecule has 0 aliphatic carbocycles. The van der Waals surface area contributed by atoms with Crippen molar-refractivity contribution >= 4 is 27.3 Å². The van der Waals surface area contributed by atoms with Gasteiger partial charge >= 0.3 is 18.0 Å². The van der Waals surface area contributed by atoms with E-state index in [9.17, 15) is 26.4 Å². The van der Waals surface area contributed by atoms with Gasteiger partial charge in [-0.25, -0.2) is 18.6 Å². The molecule has 11 heteroatoms. The number of carbonyl (C=O) groups is 1. The van der Waals surface area contributed by atoms with Crippen LogP contribution in [0.4, 0.5) is 18.9 Å². The van der Waals surface area contributed by atoms with Crippen molar-refractivity contribution in [1.82, 2.24) is 5.43 Å². The first-order chi connectivity index (χ1) is 12.5. The van der Waals surface area contributed by atoms with Gasteiger partial charge in [0.15, 0.2) is 9.84 Å². The molecule has 1 fully saturated rings. The standard InChI is InChI=1S/C16H20F3N3O4S/c1-3-26-15(23)14(22(2)13-7-8-27(24,25)10-13)21-20-12-6-4-5-11(9-12)16(17,18)19/h4-6,9,13H,3,7-8,10H2,1-2H3,(H,20,23)/p+1/t13-/m0/s1. The fraction of sp³-hybridized carbons (Fsp3) is 0.500. The lowest BCUT2D eigenvalue weighted by Crippen LogP contribution is -2.46. The Balaban J connectivity index is 2.23. The van der Waals surface area contributed by atoms with Crippen LogP contribution in [-0.4, -0.2) is 56.0 Å². The van der Waals surface area contributed by atoms with Gasteiger partial charge in [0, 0.05) is 6.42 Å². The number of carbonyl (C=O) groups excluding carboxylic acids is 1.